The zero-order valence-corrected chi connectivity index (χ0v) is 14.0. The summed E-state index contributed by atoms with van der Waals surface area (Å²) < 4.78 is 0. The molecule has 0 aliphatic heterocycles. The first-order chi connectivity index (χ1) is 11.4. The van der Waals surface area contributed by atoms with Gasteiger partial charge < -0.3 is 21.1 Å². The van der Waals surface area contributed by atoms with Crippen LogP contribution in [0.2, 0.25) is 0 Å². The number of carbonyl (C=O) groups is 1. The fourth-order valence-electron chi connectivity index (χ4n) is 2.01. The number of aliphatic hydroxyl groups excluding tert-OH is 2. The Labute approximate surface area is 142 Å². The van der Waals surface area contributed by atoms with Crippen molar-refractivity contribution >= 4 is 5.97 Å². The van der Waals surface area contributed by atoms with Gasteiger partial charge in [0, 0.05) is 0 Å². The molecule has 0 saturated heterocycles. The van der Waals surface area contributed by atoms with Crippen LogP contribution in [0.4, 0.5) is 0 Å². The lowest BCUT2D eigenvalue weighted by atomic mass is 10.00. The Morgan fingerprint density at radius 2 is 1.46 bits per heavy atom. The van der Waals surface area contributed by atoms with Gasteiger partial charge in [0.1, 0.15) is 0 Å². The van der Waals surface area contributed by atoms with Crippen LogP contribution in [0, 0.1) is 0 Å². The summed E-state index contributed by atoms with van der Waals surface area (Å²) in [5, 5.41) is 26.2. The molecule has 0 spiro atoms. The Balaban J connectivity index is 0.000000243. The van der Waals surface area contributed by atoms with Gasteiger partial charge in [-0.15, -0.1) is 0 Å². The quantitative estimate of drug-likeness (QED) is 0.674. The van der Waals surface area contributed by atoms with Crippen molar-refractivity contribution in [3.8, 4) is 0 Å². The third-order valence-electron chi connectivity index (χ3n) is 3.58. The van der Waals surface area contributed by atoms with Gasteiger partial charge >= 0.3 is 5.97 Å². The van der Waals surface area contributed by atoms with E-state index in [9.17, 15) is 4.79 Å². The maximum Gasteiger partial charge on any atom is 0.337 e. The maximum atomic E-state index is 10.2. The molecule has 0 unspecified atom stereocenters. The summed E-state index contributed by atoms with van der Waals surface area (Å²) in [6.45, 7) is 4.31. The fourth-order valence-corrected chi connectivity index (χ4v) is 2.01. The summed E-state index contributed by atoms with van der Waals surface area (Å²) in [5.74, 6) is -0.685. The van der Waals surface area contributed by atoms with E-state index in [4.69, 9.17) is 21.1 Å². The molecule has 2 aromatic carbocycles. The number of aliphatic carboxylic acids is 1. The molecule has 2 atom stereocenters. The molecule has 0 fully saturated rings. The molecule has 5 N–H and O–H groups in total. The number of nitrogens with two attached hydrogens (primary N) is 1. The molecule has 0 aromatic heterocycles. The van der Waals surface area contributed by atoms with Crippen LogP contribution < -0.4 is 5.73 Å². The van der Waals surface area contributed by atoms with Crippen molar-refractivity contribution in [3.05, 3.63) is 71.3 Å². The summed E-state index contributed by atoms with van der Waals surface area (Å²) in [4.78, 5) is 10.2. The molecule has 0 bridgehead atoms. The number of carboxylic acids is 1. The van der Waals surface area contributed by atoms with Gasteiger partial charge in [-0.2, -0.15) is 0 Å². The van der Waals surface area contributed by atoms with Gasteiger partial charge in [-0.3, -0.25) is 0 Å². The molecule has 0 saturated carbocycles. The minimum Gasteiger partial charge on any atom is -0.479 e. The lowest BCUT2D eigenvalue weighted by Crippen LogP contribution is -2.14. The summed E-state index contributed by atoms with van der Waals surface area (Å²) in [6, 6.07) is 16.1. The molecule has 130 valence electrons. The Hall–Kier alpha value is -2.21. The SMILES string of the molecule is CC(C)c1ccc([C@@H](N)CO)cc1.O=C(O)[C@H](O)c1ccccc1. The summed E-state index contributed by atoms with van der Waals surface area (Å²) in [7, 11) is 0. The van der Waals surface area contributed by atoms with Gasteiger partial charge in [0.2, 0.25) is 0 Å². The van der Waals surface area contributed by atoms with Crippen LogP contribution in [0.1, 0.15) is 48.6 Å². The Bertz CT molecular complexity index is 611. The average Bonchev–Trinajstić information content (AvgIpc) is 2.61. The van der Waals surface area contributed by atoms with Gasteiger partial charge in [-0.25, -0.2) is 4.79 Å². The molecule has 0 aliphatic carbocycles. The van der Waals surface area contributed by atoms with Gasteiger partial charge in [0.25, 0.3) is 0 Å². The maximum absolute atomic E-state index is 10.2. The predicted octanol–water partition coefficient (Wildman–Crippen LogP) is 2.61. The third-order valence-corrected chi connectivity index (χ3v) is 3.58. The second-order valence-electron chi connectivity index (χ2n) is 5.76. The zero-order chi connectivity index (χ0) is 18.1. The van der Waals surface area contributed by atoms with E-state index in [0.717, 1.165) is 5.56 Å². The zero-order valence-electron chi connectivity index (χ0n) is 14.0. The van der Waals surface area contributed by atoms with E-state index in [1.54, 1.807) is 30.3 Å². The lowest BCUT2D eigenvalue weighted by Gasteiger charge is -2.10. The molecule has 0 amide bonds. The number of hydrogen-bond donors (Lipinski definition) is 4. The number of aliphatic hydroxyl groups is 2. The molecule has 5 nitrogen and oxygen atoms in total. The van der Waals surface area contributed by atoms with Crippen LogP contribution >= 0.6 is 0 Å². The molecule has 5 heteroatoms. The average molecular weight is 331 g/mol. The summed E-state index contributed by atoms with van der Waals surface area (Å²) in [6.07, 6.45) is -1.41. The van der Waals surface area contributed by atoms with Crippen LogP contribution in [-0.4, -0.2) is 27.9 Å². The highest BCUT2D eigenvalue weighted by molar-refractivity contribution is 5.73. The minimum absolute atomic E-state index is 0.00102. The third kappa shape index (κ3) is 6.12. The van der Waals surface area contributed by atoms with E-state index >= 15 is 0 Å². The molecular weight excluding hydrogens is 306 g/mol. The Kier molecular flexibility index (Phi) is 8.12. The second-order valence-corrected chi connectivity index (χ2v) is 5.76. The van der Waals surface area contributed by atoms with Crippen molar-refractivity contribution in [1.82, 2.24) is 0 Å². The standard InChI is InChI=1S/C11H17NO.C8H8O3/c1-8(2)9-3-5-10(6-4-9)11(12)7-13;9-7(8(10)11)6-4-2-1-3-5-6/h3-6,8,11,13H,7,12H2,1-2H3;1-5,7,9H,(H,10,11)/t11-;7-/m01/s1. The summed E-state index contributed by atoms with van der Waals surface area (Å²) >= 11 is 0. The second kappa shape index (κ2) is 9.82. The predicted molar refractivity (Wildman–Crippen MR) is 93.6 cm³/mol. The van der Waals surface area contributed by atoms with Gasteiger partial charge in [-0.1, -0.05) is 68.4 Å². The van der Waals surface area contributed by atoms with E-state index < -0.39 is 12.1 Å². The van der Waals surface area contributed by atoms with Crippen LogP contribution in [0.25, 0.3) is 0 Å². The first-order valence-corrected chi connectivity index (χ1v) is 7.79. The summed E-state index contributed by atoms with van der Waals surface area (Å²) in [5.41, 5.74) is 8.37. The largest absolute Gasteiger partial charge is 0.479 e. The van der Waals surface area contributed by atoms with Crippen LogP contribution in [0.5, 0.6) is 0 Å². The molecule has 24 heavy (non-hydrogen) atoms. The normalized spacial score (nSPS) is 12.9. The highest BCUT2D eigenvalue weighted by Gasteiger charge is 2.14. The van der Waals surface area contributed by atoms with E-state index in [-0.39, 0.29) is 12.6 Å². The van der Waals surface area contributed by atoms with Crippen LogP contribution in [-0.2, 0) is 4.79 Å². The van der Waals surface area contributed by atoms with Crippen molar-refractivity contribution < 1.29 is 20.1 Å². The van der Waals surface area contributed by atoms with Gasteiger partial charge in [0.05, 0.1) is 12.6 Å². The van der Waals surface area contributed by atoms with Crippen molar-refractivity contribution in [1.29, 1.82) is 0 Å². The van der Waals surface area contributed by atoms with Gasteiger partial charge in [0.15, 0.2) is 6.10 Å². The van der Waals surface area contributed by atoms with Crippen molar-refractivity contribution in [2.45, 2.75) is 31.9 Å². The topological polar surface area (TPSA) is 104 Å². The van der Waals surface area contributed by atoms with Gasteiger partial charge in [-0.05, 0) is 22.6 Å². The number of rotatable bonds is 5. The number of hydrogen-bond acceptors (Lipinski definition) is 4. The smallest absolute Gasteiger partial charge is 0.337 e. The molecular formula is C19H25NO4. The van der Waals surface area contributed by atoms with Crippen LogP contribution in [0.15, 0.2) is 54.6 Å². The van der Waals surface area contributed by atoms with E-state index in [1.165, 1.54) is 5.56 Å². The Morgan fingerprint density at radius 1 is 0.958 bits per heavy atom. The highest BCUT2D eigenvalue weighted by Crippen LogP contribution is 2.17. The van der Waals surface area contributed by atoms with E-state index in [2.05, 4.69) is 26.0 Å². The van der Waals surface area contributed by atoms with Crippen molar-refractivity contribution in [3.63, 3.8) is 0 Å². The van der Waals surface area contributed by atoms with Crippen molar-refractivity contribution in [2.24, 2.45) is 5.73 Å². The first kappa shape index (κ1) is 19.8. The van der Waals surface area contributed by atoms with E-state index in [0.29, 0.717) is 11.5 Å². The molecule has 0 aliphatic rings. The Morgan fingerprint density at radius 3 is 1.88 bits per heavy atom. The molecule has 2 rings (SSSR count). The highest BCUT2D eigenvalue weighted by atomic mass is 16.4. The monoisotopic (exact) mass is 331 g/mol. The molecule has 2 aromatic rings. The lowest BCUT2D eigenvalue weighted by molar-refractivity contribution is -0.146. The number of carboxylic acid groups (broad SMARTS) is 1. The number of benzene rings is 2. The minimum atomic E-state index is -1.41. The molecule has 0 radical (unpaired) electrons. The first-order valence-electron chi connectivity index (χ1n) is 7.79. The fraction of sp³-hybridized carbons (Fsp3) is 0.316. The molecule has 0 heterocycles. The van der Waals surface area contributed by atoms with Crippen molar-refractivity contribution in [2.75, 3.05) is 6.61 Å². The van der Waals surface area contributed by atoms with Crippen LogP contribution in [0.3, 0.4) is 0 Å². The van der Waals surface area contributed by atoms with E-state index in [1.807, 2.05) is 12.1 Å².